The monoisotopic (exact) mass is 713 g/mol. The van der Waals surface area contributed by atoms with Crippen LogP contribution in [0.2, 0.25) is 0 Å². The van der Waals surface area contributed by atoms with E-state index in [1.54, 1.807) is 0 Å². The second-order valence-electron chi connectivity index (χ2n) is 15.9. The van der Waals surface area contributed by atoms with Crippen LogP contribution in [0.4, 0.5) is 0 Å². The lowest BCUT2D eigenvalue weighted by molar-refractivity contribution is -0.125. The summed E-state index contributed by atoms with van der Waals surface area (Å²) in [5.41, 5.74) is 11.8. The van der Waals surface area contributed by atoms with Crippen LogP contribution < -0.4 is 11.1 Å². The third-order valence-electron chi connectivity index (χ3n) is 14.3. The van der Waals surface area contributed by atoms with Gasteiger partial charge in [0, 0.05) is 60.5 Å². The van der Waals surface area contributed by atoms with Crippen molar-refractivity contribution in [3.05, 3.63) is 46.5 Å². The molecular formula is C37H51N3O3S4. The van der Waals surface area contributed by atoms with Crippen molar-refractivity contribution in [3.63, 3.8) is 0 Å². The van der Waals surface area contributed by atoms with Gasteiger partial charge in [-0.15, -0.1) is 0 Å². The van der Waals surface area contributed by atoms with Gasteiger partial charge in [-0.1, -0.05) is 79.9 Å². The predicted octanol–water partition coefficient (Wildman–Crippen LogP) is 6.82. The quantitative estimate of drug-likeness (QED) is 0.250. The number of hydrogen-bond acceptors (Lipinski definition) is 10. The van der Waals surface area contributed by atoms with Gasteiger partial charge in [-0.05, 0) is 109 Å². The molecule has 1 aromatic carbocycles. The van der Waals surface area contributed by atoms with Gasteiger partial charge >= 0.3 is 0 Å². The van der Waals surface area contributed by atoms with E-state index in [4.69, 9.17) is 10.7 Å². The van der Waals surface area contributed by atoms with E-state index in [2.05, 4.69) is 36.5 Å². The number of nitrogens with one attached hydrogen (secondary N) is 1. The first-order chi connectivity index (χ1) is 22.8. The molecule has 10 atom stereocenters. The smallest absolute Gasteiger partial charge is 0.189 e. The number of guanidine groups is 1. The summed E-state index contributed by atoms with van der Waals surface area (Å²) in [5, 5.41) is 24.6. The first-order valence-corrected chi connectivity index (χ1v) is 23.0. The third-order valence-corrected chi connectivity index (χ3v) is 19.2. The Kier molecular flexibility index (Phi) is 9.29. The van der Waals surface area contributed by atoms with Crippen LogP contribution in [0.15, 0.2) is 40.4 Å². The molecule has 4 aliphatic heterocycles. The molecule has 3 fully saturated rings. The molecule has 2 spiro atoms. The van der Waals surface area contributed by atoms with Gasteiger partial charge in [0.1, 0.15) is 0 Å². The minimum Gasteiger partial charge on any atom is -0.396 e. The van der Waals surface area contributed by atoms with Crippen molar-refractivity contribution in [1.82, 2.24) is 5.32 Å². The van der Waals surface area contributed by atoms with Crippen LogP contribution in [-0.2, 0) is 10.5 Å². The molecule has 0 amide bonds. The lowest BCUT2D eigenvalue weighted by Gasteiger charge is -2.57. The Hall–Kier alpha value is -0.780. The van der Waals surface area contributed by atoms with Crippen molar-refractivity contribution in [1.29, 1.82) is 0 Å². The van der Waals surface area contributed by atoms with Crippen LogP contribution in [0.25, 0.3) is 0 Å². The van der Waals surface area contributed by atoms with Crippen LogP contribution in [0.3, 0.4) is 0 Å². The van der Waals surface area contributed by atoms with E-state index in [0.29, 0.717) is 47.8 Å². The number of ketones is 1. The Bertz CT molecular complexity index is 1460. The molecule has 0 saturated heterocycles. The minimum atomic E-state index is -0.182. The molecule has 11 bridgehead atoms. The molecule has 9 rings (SSSR count). The van der Waals surface area contributed by atoms with Gasteiger partial charge < -0.3 is 21.3 Å². The first kappa shape index (κ1) is 33.4. The van der Waals surface area contributed by atoms with Gasteiger partial charge in [-0.3, -0.25) is 9.79 Å². The summed E-state index contributed by atoms with van der Waals surface area (Å²) in [5.74, 6) is 7.54. The zero-order chi connectivity index (χ0) is 32.4. The summed E-state index contributed by atoms with van der Waals surface area (Å²) >= 11 is 0. The number of aliphatic imine (C=N–C) groups is 1. The SMILES string of the molecule is C[C@]12CCSSC[C@@]34NC(N)=NC[C@H]3[C@H]3CC[C@H]4[C@@H](CSSCc4cccc3c4)CC3=C4C[C@H]1C[C@H](CO)[C@@H](CCCO)[C@@]42CC3=O. The van der Waals surface area contributed by atoms with E-state index in [0.717, 1.165) is 86.5 Å². The number of carbonyl (C=O) groups excluding carboxylic acids is 1. The molecule has 5 N–H and O–H groups in total. The Balaban J connectivity index is 1.26. The van der Waals surface area contributed by atoms with Gasteiger partial charge in [0.15, 0.2) is 11.7 Å². The Morgan fingerprint density at radius 3 is 2.85 bits per heavy atom. The van der Waals surface area contributed by atoms with E-state index in [1.165, 1.54) is 16.7 Å². The lowest BCUT2D eigenvalue weighted by Crippen LogP contribution is -2.69. The fourth-order valence-corrected chi connectivity index (χ4v) is 17.5. The van der Waals surface area contributed by atoms with Crippen LogP contribution in [0.1, 0.15) is 81.8 Å². The number of benzene rings is 1. The molecule has 0 unspecified atom stereocenters. The highest BCUT2D eigenvalue weighted by atomic mass is 33.1. The average molecular weight is 714 g/mol. The molecular weight excluding hydrogens is 663 g/mol. The topological polar surface area (TPSA) is 108 Å². The second-order valence-corrected chi connectivity index (χ2v) is 21.0. The summed E-state index contributed by atoms with van der Waals surface area (Å²) in [7, 11) is 8.04. The molecule has 6 nitrogen and oxygen atoms in total. The normalized spacial score (nSPS) is 43.0. The zero-order valence-electron chi connectivity index (χ0n) is 27.6. The molecule has 0 aromatic heterocycles. The maximum atomic E-state index is 14.6. The number of aliphatic hydroxyl groups is 2. The number of hydrogen-bond donors (Lipinski definition) is 4. The summed E-state index contributed by atoms with van der Waals surface area (Å²) in [6.07, 6.45) is 8.52. The molecule has 0 radical (unpaired) electrons. The Morgan fingerprint density at radius 2 is 2.00 bits per heavy atom. The van der Waals surface area contributed by atoms with Gasteiger partial charge in [-0.25, -0.2) is 0 Å². The molecule has 4 aliphatic carbocycles. The molecule has 4 heterocycles. The second kappa shape index (κ2) is 13.1. The van der Waals surface area contributed by atoms with Crippen molar-refractivity contribution in [2.45, 2.75) is 81.9 Å². The van der Waals surface area contributed by atoms with Gasteiger partial charge in [0.25, 0.3) is 0 Å². The molecule has 256 valence electrons. The average Bonchev–Trinajstić information content (AvgIpc) is 3.39. The predicted molar refractivity (Wildman–Crippen MR) is 199 cm³/mol. The summed E-state index contributed by atoms with van der Waals surface area (Å²) in [6, 6.07) is 9.34. The first-order valence-electron chi connectivity index (χ1n) is 18.0. The molecule has 10 heteroatoms. The summed E-state index contributed by atoms with van der Waals surface area (Å²) in [6.45, 7) is 3.63. The molecule has 47 heavy (non-hydrogen) atoms. The van der Waals surface area contributed by atoms with E-state index >= 15 is 0 Å². The number of allylic oxidation sites excluding steroid dienone is 2. The fraction of sp³-hybridized carbons (Fsp3) is 0.730. The number of aliphatic hydroxyl groups excluding tert-OH is 2. The number of rotatable bonds is 4. The number of nitrogens with two attached hydrogens (primary N) is 1. The van der Waals surface area contributed by atoms with Gasteiger partial charge in [0.2, 0.25) is 0 Å². The van der Waals surface area contributed by atoms with Crippen LogP contribution in [0.5, 0.6) is 0 Å². The number of carbonyl (C=O) groups is 1. The number of Topliss-reactive ketones (excluding diaryl/α,β-unsaturated/α-hetero) is 1. The van der Waals surface area contributed by atoms with Crippen molar-refractivity contribution in [2.75, 3.05) is 37.0 Å². The van der Waals surface area contributed by atoms with Crippen LogP contribution >= 0.6 is 43.2 Å². The van der Waals surface area contributed by atoms with Crippen molar-refractivity contribution in [2.24, 2.45) is 57.1 Å². The van der Waals surface area contributed by atoms with Crippen molar-refractivity contribution < 1.29 is 15.0 Å². The highest BCUT2D eigenvalue weighted by Crippen LogP contribution is 2.75. The largest absolute Gasteiger partial charge is 0.396 e. The highest BCUT2D eigenvalue weighted by molar-refractivity contribution is 8.76. The van der Waals surface area contributed by atoms with Gasteiger partial charge in [0.05, 0.1) is 5.54 Å². The minimum absolute atomic E-state index is 0.0366. The Morgan fingerprint density at radius 1 is 1.11 bits per heavy atom. The summed E-state index contributed by atoms with van der Waals surface area (Å²) in [4.78, 5) is 19.5. The maximum Gasteiger partial charge on any atom is 0.189 e. The van der Waals surface area contributed by atoms with E-state index in [-0.39, 0.29) is 41.4 Å². The zero-order valence-corrected chi connectivity index (χ0v) is 30.9. The van der Waals surface area contributed by atoms with Crippen LogP contribution in [0, 0.1) is 46.3 Å². The van der Waals surface area contributed by atoms with E-state index in [1.807, 2.05) is 43.2 Å². The molecule has 3 saturated carbocycles. The number of fused-ring (bicyclic) bond motifs is 4. The summed E-state index contributed by atoms with van der Waals surface area (Å²) < 4.78 is 0. The van der Waals surface area contributed by atoms with Gasteiger partial charge in [-0.2, -0.15) is 0 Å². The van der Waals surface area contributed by atoms with E-state index in [9.17, 15) is 15.0 Å². The standard InChI is InChI=1S/C37H51N3O3S4/c1-35-9-11-44-47-21-37-30-8-7-27(32(37)17-39-34(38)40-37)23-5-2-4-22(12-23)19-45-46-20-25(30)14-28-31-15-26(35)13-24(18-42)29(6-3-10-41)36(31,35)16-33(28)43/h2,4-5,12,24-27,29-30,32,41-42H,3,6-11,13-21H2,1H3,(H3,38,39,40)/t24-,25-,26-,27+,29-,30+,32+,35+,36+,37+/m1/s1. The van der Waals surface area contributed by atoms with Crippen molar-refractivity contribution >= 4 is 54.9 Å². The van der Waals surface area contributed by atoms with Crippen LogP contribution in [-0.4, -0.2) is 64.5 Å². The third kappa shape index (κ3) is 5.22. The highest BCUT2D eigenvalue weighted by Gasteiger charge is 2.70. The lowest BCUT2D eigenvalue weighted by atomic mass is 9.47. The van der Waals surface area contributed by atoms with Crippen molar-refractivity contribution in [3.8, 4) is 0 Å². The Labute approximate surface area is 296 Å². The number of nitrogens with zero attached hydrogens (tertiary/aromatic N) is 1. The fourth-order valence-electron chi connectivity index (χ4n) is 12.2. The molecule has 1 aromatic rings. The van der Waals surface area contributed by atoms with E-state index < -0.39 is 0 Å². The maximum absolute atomic E-state index is 14.6. The molecule has 8 aliphatic rings.